The Labute approximate surface area is 101 Å². The van der Waals surface area contributed by atoms with E-state index in [1.54, 1.807) is 12.1 Å². The van der Waals surface area contributed by atoms with Gasteiger partial charge in [0.1, 0.15) is 5.82 Å². The van der Waals surface area contributed by atoms with Gasteiger partial charge in [0, 0.05) is 11.3 Å². The second-order valence-corrected chi connectivity index (χ2v) is 4.08. The quantitative estimate of drug-likeness (QED) is 0.831. The van der Waals surface area contributed by atoms with E-state index in [0.29, 0.717) is 5.56 Å². The normalized spacial score (nSPS) is 12.2. The highest BCUT2D eigenvalue weighted by Gasteiger charge is 2.09. The van der Waals surface area contributed by atoms with Gasteiger partial charge in [-0.1, -0.05) is 30.3 Å². The number of anilines is 1. The van der Waals surface area contributed by atoms with Gasteiger partial charge >= 0.3 is 0 Å². The van der Waals surface area contributed by atoms with Crippen LogP contribution in [0.4, 0.5) is 10.1 Å². The number of rotatable bonds is 3. The third kappa shape index (κ3) is 2.84. The maximum atomic E-state index is 13.6. The van der Waals surface area contributed by atoms with E-state index in [2.05, 4.69) is 12.2 Å². The molecule has 2 aromatic carbocycles. The van der Waals surface area contributed by atoms with E-state index in [0.717, 1.165) is 11.3 Å². The van der Waals surface area contributed by atoms with Gasteiger partial charge in [-0.15, -0.1) is 0 Å². The molecule has 0 amide bonds. The fourth-order valence-electron chi connectivity index (χ4n) is 1.75. The molecule has 0 saturated heterocycles. The van der Waals surface area contributed by atoms with Gasteiger partial charge in [-0.05, 0) is 37.6 Å². The highest BCUT2D eigenvalue weighted by atomic mass is 19.1. The molecular formula is C15H15FN. The zero-order valence-corrected chi connectivity index (χ0v) is 9.78. The van der Waals surface area contributed by atoms with Crippen LogP contribution in [0.5, 0.6) is 0 Å². The minimum Gasteiger partial charge on any atom is -0.378 e. The van der Waals surface area contributed by atoms with Gasteiger partial charge in [0.25, 0.3) is 0 Å². The molecule has 1 radical (unpaired) electrons. The second-order valence-electron chi connectivity index (χ2n) is 4.08. The van der Waals surface area contributed by atoms with Crippen LogP contribution in [0.1, 0.15) is 24.1 Å². The van der Waals surface area contributed by atoms with Crippen molar-refractivity contribution in [1.82, 2.24) is 0 Å². The zero-order chi connectivity index (χ0) is 12.3. The lowest BCUT2D eigenvalue weighted by molar-refractivity contribution is 0.600. The summed E-state index contributed by atoms with van der Waals surface area (Å²) in [7, 11) is 0. The smallest absolute Gasteiger partial charge is 0.128 e. The van der Waals surface area contributed by atoms with Crippen molar-refractivity contribution in [3.8, 4) is 0 Å². The summed E-state index contributed by atoms with van der Waals surface area (Å²) >= 11 is 0. The first-order chi connectivity index (χ1) is 8.16. The SMILES string of the molecule is [CH2]c1ccc(NC(C)c2ccccc2F)cc1. The number of nitrogens with one attached hydrogen (secondary N) is 1. The lowest BCUT2D eigenvalue weighted by Gasteiger charge is -2.16. The highest BCUT2D eigenvalue weighted by molar-refractivity contribution is 5.47. The first kappa shape index (κ1) is 11.6. The largest absolute Gasteiger partial charge is 0.378 e. The molecule has 2 aromatic rings. The molecule has 0 fully saturated rings. The maximum Gasteiger partial charge on any atom is 0.128 e. The van der Waals surface area contributed by atoms with Crippen molar-refractivity contribution in [3.63, 3.8) is 0 Å². The van der Waals surface area contributed by atoms with Crippen molar-refractivity contribution >= 4 is 5.69 Å². The Bertz CT molecular complexity index is 491. The van der Waals surface area contributed by atoms with Crippen LogP contribution in [0, 0.1) is 12.7 Å². The predicted octanol–water partition coefficient (Wildman–Crippen LogP) is 4.18. The molecule has 0 heterocycles. The van der Waals surface area contributed by atoms with Gasteiger partial charge in [-0.25, -0.2) is 4.39 Å². The number of benzene rings is 2. The molecule has 1 nitrogen and oxygen atoms in total. The van der Waals surface area contributed by atoms with Crippen molar-refractivity contribution in [2.24, 2.45) is 0 Å². The van der Waals surface area contributed by atoms with Crippen LogP contribution in [0.2, 0.25) is 0 Å². The summed E-state index contributed by atoms with van der Waals surface area (Å²) < 4.78 is 13.6. The van der Waals surface area contributed by atoms with E-state index in [1.165, 1.54) is 6.07 Å². The Kier molecular flexibility index (Phi) is 3.43. The van der Waals surface area contributed by atoms with Crippen molar-refractivity contribution < 1.29 is 4.39 Å². The van der Waals surface area contributed by atoms with E-state index >= 15 is 0 Å². The summed E-state index contributed by atoms with van der Waals surface area (Å²) in [6.45, 7) is 5.77. The molecule has 0 saturated carbocycles. The molecule has 0 aromatic heterocycles. The molecule has 17 heavy (non-hydrogen) atoms. The van der Waals surface area contributed by atoms with Gasteiger partial charge < -0.3 is 5.32 Å². The van der Waals surface area contributed by atoms with Gasteiger partial charge in [-0.3, -0.25) is 0 Å². The highest BCUT2D eigenvalue weighted by Crippen LogP contribution is 2.21. The minimum atomic E-state index is -0.179. The Morgan fingerprint density at radius 1 is 1.06 bits per heavy atom. The molecular weight excluding hydrogens is 213 g/mol. The lowest BCUT2D eigenvalue weighted by atomic mass is 10.1. The number of hydrogen-bond donors (Lipinski definition) is 1. The summed E-state index contributed by atoms with van der Waals surface area (Å²) in [4.78, 5) is 0. The second kappa shape index (κ2) is 5.00. The Balaban J connectivity index is 2.14. The minimum absolute atomic E-state index is 0.0631. The monoisotopic (exact) mass is 228 g/mol. The molecule has 0 aliphatic heterocycles. The summed E-state index contributed by atoms with van der Waals surface area (Å²) in [6, 6.07) is 14.5. The van der Waals surface area contributed by atoms with Crippen LogP contribution in [-0.4, -0.2) is 0 Å². The Morgan fingerprint density at radius 2 is 1.71 bits per heavy atom. The van der Waals surface area contributed by atoms with E-state index < -0.39 is 0 Å². The van der Waals surface area contributed by atoms with Crippen molar-refractivity contribution in [2.75, 3.05) is 5.32 Å². The molecule has 0 aliphatic rings. The standard InChI is InChI=1S/C15H15FN/c1-11-7-9-13(10-8-11)17-12(2)14-5-3-4-6-15(14)16/h3-10,12,17H,1H2,2H3. The van der Waals surface area contributed by atoms with Gasteiger partial charge in [0.15, 0.2) is 0 Å². The summed E-state index contributed by atoms with van der Waals surface area (Å²) in [5, 5.41) is 3.26. The van der Waals surface area contributed by atoms with Crippen molar-refractivity contribution in [1.29, 1.82) is 0 Å². The van der Waals surface area contributed by atoms with Crippen molar-refractivity contribution in [2.45, 2.75) is 13.0 Å². The van der Waals surface area contributed by atoms with Crippen LogP contribution in [0.25, 0.3) is 0 Å². The molecule has 2 heteroatoms. The van der Waals surface area contributed by atoms with E-state index in [4.69, 9.17) is 0 Å². The third-order valence-corrected chi connectivity index (χ3v) is 2.71. The van der Waals surface area contributed by atoms with Gasteiger partial charge in [-0.2, -0.15) is 0 Å². The predicted molar refractivity (Wildman–Crippen MR) is 69.3 cm³/mol. The molecule has 2 rings (SSSR count). The molecule has 0 bridgehead atoms. The van der Waals surface area contributed by atoms with Gasteiger partial charge in [0.05, 0.1) is 6.04 Å². The summed E-state index contributed by atoms with van der Waals surface area (Å²) in [5.74, 6) is -0.179. The fourth-order valence-corrected chi connectivity index (χ4v) is 1.75. The molecule has 0 spiro atoms. The van der Waals surface area contributed by atoms with E-state index in [-0.39, 0.29) is 11.9 Å². The first-order valence-electron chi connectivity index (χ1n) is 5.60. The average Bonchev–Trinajstić information content (AvgIpc) is 2.32. The number of halogens is 1. The maximum absolute atomic E-state index is 13.6. The zero-order valence-electron chi connectivity index (χ0n) is 9.78. The molecule has 0 aliphatic carbocycles. The van der Waals surface area contributed by atoms with E-state index in [9.17, 15) is 4.39 Å². The Morgan fingerprint density at radius 3 is 2.35 bits per heavy atom. The molecule has 1 N–H and O–H groups in total. The van der Waals surface area contributed by atoms with Crippen LogP contribution in [-0.2, 0) is 0 Å². The van der Waals surface area contributed by atoms with Gasteiger partial charge in [0.2, 0.25) is 0 Å². The molecule has 1 unspecified atom stereocenters. The van der Waals surface area contributed by atoms with Crippen LogP contribution < -0.4 is 5.32 Å². The lowest BCUT2D eigenvalue weighted by Crippen LogP contribution is -2.08. The van der Waals surface area contributed by atoms with Crippen LogP contribution >= 0.6 is 0 Å². The number of hydrogen-bond acceptors (Lipinski definition) is 1. The summed E-state index contributed by atoms with van der Waals surface area (Å²) in [6.07, 6.45) is 0. The third-order valence-electron chi connectivity index (χ3n) is 2.71. The molecule has 1 atom stereocenters. The molecule has 87 valence electrons. The Hall–Kier alpha value is -1.83. The van der Waals surface area contributed by atoms with Crippen LogP contribution in [0.3, 0.4) is 0 Å². The average molecular weight is 228 g/mol. The van der Waals surface area contributed by atoms with Crippen molar-refractivity contribution in [3.05, 3.63) is 72.4 Å². The summed E-state index contributed by atoms with van der Waals surface area (Å²) in [5.41, 5.74) is 2.61. The van der Waals surface area contributed by atoms with Crippen LogP contribution in [0.15, 0.2) is 48.5 Å². The topological polar surface area (TPSA) is 12.0 Å². The van der Waals surface area contributed by atoms with E-state index in [1.807, 2.05) is 37.3 Å². The first-order valence-corrected chi connectivity index (χ1v) is 5.60. The fraction of sp³-hybridized carbons (Fsp3) is 0.133.